The minimum absolute atomic E-state index is 0.0263. The molecule has 0 amide bonds. The van der Waals surface area contributed by atoms with Crippen molar-refractivity contribution in [1.82, 2.24) is 4.98 Å². The fourth-order valence-corrected chi connectivity index (χ4v) is 4.43. The van der Waals surface area contributed by atoms with Crippen molar-refractivity contribution in [3.63, 3.8) is 0 Å². The number of allylic oxidation sites excluding steroid dienone is 1. The van der Waals surface area contributed by atoms with Gasteiger partial charge >= 0.3 is 0 Å². The lowest BCUT2D eigenvalue weighted by Gasteiger charge is -2.42. The Balaban J connectivity index is 1.67. The van der Waals surface area contributed by atoms with Crippen molar-refractivity contribution in [2.45, 2.75) is 51.4 Å². The van der Waals surface area contributed by atoms with Gasteiger partial charge in [0.1, 0.15) is 0 Å². The summed E-state index contributed by atoms with van der Waals surface area (Å²) in [5.41, 5.74) is 5.65. The average molecular weight is 392 g/mol. The van der Waals surface area contributed by atoms with Crippen LogP contribution < -0.4 is 0 Å². The zero-order valence-electron chi connectivity index (χ0n) is 16.9. The van der Waals surface area contributed by atoms with E-state index in [4.69, 9.17) is 11.6 Å². The van der Waals surface area contributed by atoms with Crippen molar-refractivity contribution in [1.29, 1.82) is 0 Å². The van der Waals surface area contributed by atoms with Gasteiger partial charge in [0.25, 0.3) is 0 Å². The molecule has 1 aliphatic rings. The molecule has 0 bridgehead atoms. The summed E-state index contributed by atoms with van der Waals surface area (Å²) in [5, 5.41) is 1.71. The second-order valence-corrected chi connectivity index (χ2v) is 9.60. The molecule has 1 heterocycles. The number of fused-ring (bicyclic) bond motifs is 2. The number of hydrogen-bond acceptors (Lipinski definition) is 1. The van der Waals surface area contributed by atoms with Crippen LogP contribution in [0.15, 0.2) is 48.7 Å². The van der Waals surface area contributed by atoms with Gasteiger partial charge < -0.3 is 4.98 Å². The number of halogens is 1. The van der Waals surface area contributed by atoms with Crippen molar-refractivity contribution in [3.8, 4) is 0 Å². The molecule has 0 saturated heterocycles. The standard InChI is InChI=1S/C25H26ClNO/c1-24(2)11-12-25(3,4)21-13-16(5-8-20(21)24)23(28)10-6-17-15-27-22-9-7-18(26)14-19(17)22/h5-10,13-15,27H,11-12H2,1-4H3/b10-6+. The van der Waals surface area contributed by atoms with E-state index in [2.05, 4.69) is 44.8 Å². The quantitative estimate of drug-likeness (QED) is 0.376. The second kappa shape index (κ2) is 6.63. The van der Waals surface area contributed by atoms with Crippen LogP contribution >= 0.6 is 11.6 Å². The number of carbonyl (C=O) groups is 1. The zero-order chi connectivity index (χ0) is 20.1. The maximum absolute atomic E-state index is 12.9. The predicted molar refractivity (Wildman–Crippen MR) is 118 cm³/mol. The van der Waals surface area contributed by atoms with Gasteiger partial charge in [-0.15, -0.1) is 0 Å². The van der Waals surface area contributed by atoms with E-state index >= 15 is 0 Å². The fraction of sp³-hybridized carbons (Fsp3) is 0.320. The molecule has 0 unspecified atom stereocenters. The first-order valence-electron chi connectivity index (χ1n) is 9.81. The normalized spacial score (nSPS) is 17.8. The van der Waals surface area contributed by atoms with Gasteiger partial charge in [-0.25, -0.2) is 0 Å². The molecule has 0 atom stereocenters. The molecule has 1 aliphatic carbocycles. The van der Waals surface area contributed by atoms with Gasteiger partial charge in [0.05, 0.1) is 0 Å². The van der Waals surface area contributed by atoms with Crippen LogP contribution in [0.2, 0.25) is 5.02 Å². The Morgan fingerprint density at radius 2 is 1.71 bits per heavy atom. The molecular weight excluding hydrogens is 366 g/mol. The average Bonchev–Trinajstić information content (AvgIpc) is 3.05. The van der Waals surface area contributed by atoms with Crippen LogP contribution in [0.4, 0.5) is 0 Å². The maximum atomic E-state index is 12.9. The molecule has 2 aromatic carbocycles. The summed E-state index contributed by atoms with van der Waals surface area (Å²) in [4.78, 5) is 16.1. The number of hydrogen-bond donors (Lipinski definition) is 1. The largest absolute Gasteiger partial charge is 0.361 e. The Bertz CT molecular complexity index is 1100. The lowest BCUT2D eigenvalue weighted by molar-refractivity contribution is 0.104. The van der Waals surface area contributed by atoms with Crippen LogP contribution in [0.5, 0.6) is 0 Å². The van der Waals surface area contributed by atoms with Crippen LogP contribution in [-0.4, -0.2) is 10.8 Å². The third-order valence-corrected chi connectivity index (χ3v) is 6.46. The van der Waals surface area contributed by atoms with Gasteiger partial charge in [0, 0.05) is 27.7 Å². The Morgan fingerprint density at radius 3 is 2.46 bits per heavy atom. The van der Waals surface area contributed by atoms with Crippen molar-refractivity contribution in [2.75, 3.05) is 0 Å². The molecule has 4 rings (SSSR count). The molecule has 2 nitrogen and oxygen atoms in total. The molecule has 1 N–H and O–H groups in total. The molecule has 0 saturated carbocycles. The van der Waals surface area contributed by atoms with Crippen LogP contribution in [0.25, 0.3) is 17.0 Å². The number of ketones is 1. The van der Waals surface area contributed by atoms with E-state index in [-0.39, 0.29) is 16.6 Å². The smallest absolute Gasteiger partial charge is 0.185 e. The van der Waals surface area contributed by atoms with E-state index in [1.807, 2.05) is 36.5 Å². The molecule has 144 valence electrons. The van der Waals surface area contributed by atoms with Crippen molar-refractivity contribution in [2.24, 2.45) is 0 Å². The number of aromatic amines is 1. The van der Waals surface area contributed by atoms with Gasteiger partial charge in [-0.1, -0.05) is 51.4 Å². The minimum Gasteiger partial charge on any atom is -0.361 e. The number of aromatic nitrogens is 1. The summed E-state index contributed by atoms with van der Waals surface area (Å²) in [6, 6.07) is 12.0. The first-order valence-corrected chi connectivity index (χ1v) is 10.2. The van der Waals surface area contributed by atoms with Gasteiger partial charge in [0.15, 0.2) is 5.78 Å². The van der Waals surface area contributed by atoms with Gasteiger partial charge in [-0.05, 0) is 76.8 Å². The number of benzene rings is 2. The van der Waals surface area contributed by atoms with Gasteiger partial charge in [-0.2, -0.15) is 0 Å². The monoisotopic (exact) mass is 391 g/mol. The molecular formula is C25H26ClNO. The number of nitrogens with one attached hydrogen (secondary N) is 1. The zero-order valence-corrected chi connectivity index (χ0v) is 17.7. The SMILES string of the molecule is CC1(C)CCC(C)(C)c2cc(C(=O)/C=C/c3c[nH]c4ccc(Cl)cc34)ccc21. The van der Waals surface area contributed by atoms with E-state index in [9.17, 15) is 4.79 Å². The highest BCUT2D eigenvalue weighted by Crippen LogP contribution is 2.45. The third kappa shape index (κ3) is 3.31. The molecule has 1 aromatic heterocycles. The molecule has 3 heteroatoms. The van der Waals surface area contributed by atoms with Crippen LogP contribution in [0.3, 0.4) is 0 Å². The first kappa shape index (κ1) is 19.0. The highest BCUT2D eigenvalue weighted by atomic mass is 35.5. The summed E-state index contributed by atoms with van der Waals surface area (Å²) in [7, 11) is 0. The van der Waals surface area contributed by atoms with E-state index < -0.39 is 0 Å². The summed E-state index contributed by atoms with van der Waals surface area (Å²) in [6.07, 6.45) is 7.74. The Labute approximate surface area is 171 Å². The molecule has 28 heavy (non-hydrogen) atoms. The molecule has 0 radical (unpaired) electrons. The van der Waals surface area contributed by atoms with E-state index in [1.165, 1.54) is 17.5 Å². The van der Waals surface area contributed by atoms with Crippen LogP contribution in [0, 0.1) is 0 Å². The predicted octanol–water partition coefficient (Wildman–Crippen LogP) is 7.07. The number of carbonyl (C=O) groups excluding carboxylic acids is 1. The molecule has 0 spiro atoms. The Morgan fingerprint density at radius 1 is 1.00 bits per heavy atom. The summed E-state index contributed by atoms with van der Waals surface area (Å²) < 4.78 is 0. The number of H-pyrrole nitrogens is 1. The third-order valence-electron chi connectivity index (χ3n) is 6.23. The van der Waals surface area contributed by atoms with Crippen LogP contribution in [0.1, 0.15) is 67.6 Å². The lowest BCUT2D eigenvalue weighted by Crippen LogP contribution is -2.34. The summed E-state index contributed by atoms with van der Waals surface area (Å²) in [6.45, 7) is 9.15. The van der Waals surface area contributed by atoms with E-state index in [0.29, 0.717) is 5.02 Å². The van der Waals surface area contributed by atoms with E-state index in [0.717, 1.165) is 28.5 Å². The second-order valence-electron chi connectivity index (χ2n) is 9.16. The fourth-order valence-electron chi connectivity index (χ4n) is 4.26. The molecule has 0 fully saturated rings. The highest BCUT2D eigenvalue weighted by molar-refractivity contribution is 6.31. The Hall–Kier alpha value is -2.32. The highest BCUT2D eigenvalue weighted by Gasteiger charge is 2.37. The minimum atomic E-state index is 0.0263. The van der Waals surface area contributed by atoms with Crippen LogP contribution in [-0.2, 0) is 10.8 Å². The van der Waals surface area contributed by atoms with Crippen molar-refractivity contribution < 1.29 is 4.79 Å². The van der Waals surface area contributed by atoms with Crippen molar-refractivity contribution in [3.05, 3.63) is 75.9 Å². The molecule has 3 aromatic rings. The maximum Gasteiger partial charge on any atom is 0.185 e. The first-order chi connectivity index (χ1) is 13.2. The van der Waals surface area contributed by atoms with Gasteiger partial charge in [-0.3, -0.25) is 4.79 Å². The lowest BCUT2D eigenvalue weighted by atomic mass is 9.63. The molecule has 0 aliphatic heterocycles. The van der Waals surface area contributed by atoms with Crippen molar-refractivity contribution >= 4 is 34.4 Å². The van der Waals surface area contributed by atoms with Gasteiger partial charge in [0.2, 0.25) is 0 Å². The topological polar surface area (TPSA) is 32.9 Å². The Kier molecular flexibility index (Phi) is 4.50. The summed E-state index contributed by atoms with van der Waals surface area (Å²) in [5.74, 6) is 0.0263. The number of rotatable bonds is 3. The van der Waals surface area contributed by atoms with E-state index in [1.54, 1.807) is 6.08 Å². The summed E-state index contributed by atoms with van der Waals surface area (Å²) >= 11 is 6.12.